The third-order valence-electron chi connectivity index (χ3n) is 3.53. The third kappa shape index (κ3) is 5.32. The summed E-state index contributed by atoms with van der Waals surface area (Å²) in [4.78, 5) is 40.8. The molecule has 0 saturated heterocycles. The van der Waals surface area contributed by atoms with Crippen LogP contribution in [0.15, 0.2) is 34.2 Å². The average Bonchev–Trinajstić information content (AvgIpc) is 2.61. The topological polar surface area (TPSA) is 93.1 Å². The van der Waals surface area contributed by atoms with Crippen LogP contribution in [0.2, 0.25) is 0 Å². The SMILES string of the molecule is CCCn1c(SCC(=O)NC(=O)NCC(C)C)nc2ccccc2c1=O. The van der Waals surface area contributed by atoms with E-state index >= 15 is 0 Å². The first kappa shape index (κ1) is 20.0. The normalized spacial score (nSPS) is 10.9. The Hall–Kier alpha value is -2.35. The smallest absolute Gasteiger partial charge is 0.321 e. The summed E-state index contributed by atoms with van der Waals surface area (Å²) in [5.41, 5.74) is 0.484. The van der Waals surface area contributed by atoms with Crippen LogP contribution in [0.5, 0.6) is 0 Å². The third-order valence-corrected chi connectivity index (χ3v) is 4.51. The van der Waals surface area contributed by atoms with Gasteiger partial charge in [-0.1, -0.05) is 44.7 Å². The van der Waals surface area contributed by atoms with Crippen molar-refractivity contribution >= 4 is 34.6 Å². The number of urea groups is 1. The zero-order chi connectivity index (χ0) is 19.1. The molecule has 8 heteroatoms. The van der Waals surface area contributed by atoms with E-state index in [0.29, 0.717) is 35.1 Å². The minimum Gasteiger partial charge on any atom is -0.338 e. The van der Waals surface area contributed by atoms with E-state index in [1.54, 1.807) is 22.8 Å². The van der Waals surface area contributed by atoms with Gasteiger partial charge in [0.1, 0.15) is 0 Å². The minimum atomic E-state index is -0.512. The van der Waals surface area contributed by atoms with Crippen LogP contribution in [-0.4, -0.2) is 33.8 Å². The predicted octanol–water partition coefficient (Wildman–Crippen LogP) is 2.38. The molecule has 3 amide bonds. The van der Waals surface area contributed by atoms with Crippen LogP contribution >= 0.6 is 11.8 Å². The summed E-state index contributed by atoms with van der Waals surface area (Å²) in [5.74, 6) is -0.124. The first-order chi connectivity index (χ1) is 12.4. The zero-order valence-corrected chi connectivity index (χ0v) is 16.1. The Labute approximate surface area is 156 Å². The van der Waals surface area contributed by atoms with E-state index in [-0.39, 0.29) is 11.3 Å². The maximum absolute atomic E-state index is 12.7. The molecule has 2 rings (SSSR count). The van der Waals surface area contributed by atoms with Gasteiger partial charge in [-0.25, -0.2) is 9.78 Å². The number of para-hydroxylation sites is 1. The quantitative estimate of drug-likeness (QED) is 0.572. The molecule has 1 heterocycles. The molecule has 1 aromatic carbocycles. The Bertz CT molecular complexity index is 848. The number of thioether (sulfide) groups is 1. The Balaban J connectivity index is 2.10. The van der Waals surface area contributed by atoms with Gasteiger partial charge in [-0.3, -0.25) is 19.5 Å². The van der Waals surface area contributed by atoms with E-state index < -0.39 is 11.9 Å². The molecule has 7 nitrogen and oxygen atoms in total. The number of hydrogen-bond donors (Lipinski definition) is 2. The van der Waals surface area contributed by atoms with Crippen LogP contribution in [0.4, 0.5) is 4.79 Å². The van der Waals surface area contributed by atoms with Crippen LogP contribution < -0.4 is 16.2 Å². The van der Waals surface area contributed by atoms with Crippen molar-refractivity contribution in [2.45, 2.75) is 38.9 Å². The number of nitrogens with zero attached hydrogens (tertiary/aromatic N) is 2. The molecule has 0 unspecified atom stereocenters. The van der Waals surface area contributed by atoms with E-state index in [9.17, 15) is 14.4 Å². The lowest BCUT2D eigenvalue weighted by molar-refractivity contribution is -0.117. The molecule has 0 spiro atoms. The summed E-state index contributed by atoms with van der Waals surface area (Å²) in [7, 11) is 0. The second-order valence-electron chi connectivity index (χ2n) is 6.31. The second-order valence-corrected chi connectivity index (χ2v) is 7.25. The molecular weight excluding hydrogens is 352 g/mol. The molecule has 0 radical (unpaired) electrons. The number of imide groups is 1. The molecular formula is C18H24N4O3S. The molecule has 0 aliphatic heterocycles. The summed E-state index contributed by atoms with van der Waals surface area (Å²) in [6, 6.07) is 6.63. The van der Waals surface area contributed by atoms with E-state index in [2.05, 4.69) is 15.6 Å². The number of nitrogens with one attached hydrogen (secondary N) is 2. The van der Waals surface area contributed by atoms with Crippen molar-refractivity contribution in [2.75, 3.05) is 12.3 Å². The molecule has 26 heavy (non-hydrogen) atoms. The summed E-state index contributed by atoms with van der Waals surface area (Å²) >= 11 is 1.15. The highest BCUT2D eigenvalue weighted by atomic mass is 32.2. The average molecular weight is 376 g/mol. The van der Waals surface area contributed by atoms with Gasteiger partial charge in [-0.05, 0) is 24.5 Å². The lowest BCUT2D eigenvalue weighted by atomic mass is 10.2. The van der Waals surface area contributed by atoms with E-state index in [1.807, 2.05) is 26.8 Å². The maximum atomic E-state index is 12.7. The summed E-state index contributed by atoms with van der Waals surface area (Å²) in [6.45, 7) is 6.93. The van der Waals surface area contributed by atoms with Crippen molar-refractivity contribution in [1.82, 2.24) is 20.2 Å². The number of rotatable bonds is 7. The van der Waals surface area contributed by atoms with Gasteiger partial charge in [0.2, 0.25) is 5.91 Å². The fraction of sp³-hybridized carbons (Fsp3) is 0.444. The highest BCUT2D eigenvalue weighted by Gasteiger charge is 2.14. The van der Waals surface area contributed by atoms with Crippen molar-refractivity contribution in [3.63, 3.8) is 0 Å². The van der Waals surface area contributed by atoms with Gasteiger partial charge in [0.05, 0.1) is 16.7 Å². The number of hydrogen-bond acceptors (Lipinski definition) is 5. The van der Waals surface area contributed by atoms with Gasteiger partial charge in [-0.15, -0.1) is 0 Å². The molecule has 0 saturated carbocycles. The monoisotopic (exact) mass is 376 g/mol. The van der Waals surface area contributed by atoms with E-state index in [4.69, 9.17) is 0 Å². The summed E-state index contributed by atoms with van der Waals surface area (Å²) < 4.78 is 1.58. The molecule has 0 bridgehead atoms. The first-order valence-electron chi connectivity index (χ1n) is 8.62. The van der Waals surface area contributed by atoms with Crippen molar-refractivity contribution in [3.8, 4) is 0 Å². The van der Waals surface area contributed by atoms with E-state index in [1.165, 1.54) is 0 Å². The molecule has 0 atom stereocenters. The van der Waals surface area contributed by atoms with Gasteiger partial charge >= 0.3 is 6.03 Å². The van der Waals surface area contributed by atoms with Crippen LogP contribution in [0.1, 0.15) is 27.2 Å². The Morgan fingerprint density at radius 1 is 1.27 bits per heavy atom. The Morgan fingerprint density at radius 2 is 2.00 bits per heavy atom. The first-order valence-corrected chi connectivity index (χ1v) is 9.61. The minimum absolute atomic E-state index is 0.00356. The summed E-state index contributed by atoms with van der Waals surface area (Å²) in [6.07, 6.45) is 0.775. The van der Waals surface area contributed by atoms with Gasteiger partial charge in [-0.2, -0.15) is 0 Å². The van der Waals surface area contributed by atoms with Crippen molar-refractivity contribution < 1.29 is 9.59 Å². The van der Waals surface area contributed by atoms with Crippen molar-refractivity contribution in [1.29, 1.82) is 0 Å². The maximum Gasteiger partial charge on any atom is 0.321 e. The largest absolute Gasteiger partial charge is 0.338 e. The standard InChI is InChI=1S/C18H24N4O3S/c1-4-9-22-16(24)13-7-5-6-8-14(13)20-18(22)26-11-15(23)21-17(25)19-10-12(2)3/h5-8,12H,4,9-11H2,1-3H3,(H2,19,21,23,25). The number of carbonyl (C=O) groups is 2. The highest BCUT2D eigenvalue weighted by molar-refractivity contribution is 7.99. The number of amides is 3. The Morgan fingerprint density at radius 3 is 2.69 bits per heavy atom. The summed E-state index contributed by atoms with van der Waals surface area (Å²) in [5, 5.41) is 5.95. The van der Waals surface area contributed by atoms with Crippen molar-refractivity contribution in [3.05, 3.63) is 34.6 Å². The fourth-order valence-electron chi connectivity index (χ4n) is 2.31. The highest BCUT2D eigenvalue weighted by Crippen LogP contribution is 2.17. The molecule has 0 fully saturated rings. The molecule has 0 aliphatic rings. The van der Waals surface area contributed by atoms with Crippen LogP contribution in [-0.2, 0) is 11.3 Å². The lowest BCUT2D eigenvalue weighted by Crippen LogP contribution is -2.41. The van der Waals surface area contributed by atoms with Crippen LogP contribution in [0.3, 0.4) is 0 Å². The number of benzene rings is 1. The molecule has 2 N–H and O–H groups in total. The number of carbonyl (C=O) groups excluding carboxylic acids is 2. The van der Waals surface area contributed by atoms with Crippen LogP contribution in [0.25, 0.3) is 10.9 Å². The second kappa shape index (κ2) is 9.38. The fourth-order valence-corrected chi connectivity index (χ4v) is 3.14. The van der Waals surface area contributed by atoms with Crippen LogP contribution in [0, 0.1) is 5.92 Å². The van der Waals surface area contributed by atoms with E-state index in [0.717, 1.165) is 18.2 Å². The van der Waals surface area contributed by atoms with Crippen molar-refractivity contribution in [2.24, 2.45) is 5.92 Å². The van der Waals surface area contributed by atoms with Gasteiger partial charge in [0.15, 0.2) is 5.16 Å². The van der Waals surface area contributed by atoms with Gasteiger partial charge in [0, 0.05) is 13.1 Å². The molecule has 2 aromatic rings. The Kier molecular flexibility index (Phi) is 7.20. The molecule has 140 valence electrons. The zero-order valence-electron chi connectivity index (χ0n) is 15.2. The predicted molar refractivity (Wildman–Crippen MR) is 103 cm³/mol. The van der Waals surface area contributed by atoms with Gasteiger partial charge in [0.25, 0.3) is 5.56 Å². The number of aromatic nitrogens is 2. The number of fused-ring (bicyclic) bond motifs is 1. The molecule has 0 aliphatic carbocycles. The molecule has 1 aromatic heterocycles. The lowest BCUT2D eigenvalue weighted by Gasteiger charge is -2.12. The van der Waals surface area contributed by atoms with Gasteiger partial charge < -0.3 is 5.32 Å².